The molecule has 0 aliphatic rings. The van der Waals surface area contributed by atoms with Gasteiger partial charge in [0, 0.05) is 23.0 Å². The van der Waals surface area contributed by atoms with Gasteiger partial charge < -0.3 is 10.6 Å². The molecule has 2 aromatic heterocycles. The van der Waals surface area contributed by atoms with E-state index in [4.69, 9.17) is 0 Å². The molecule has 6 nitrogen and oxygen atoms in total. The van der Waals surface area contributed by atoms with Gasteiger partial charge in [-0.05, 0) is 53.9 Å². The number of aromatic amines is 1. The molecule has 0 saturated heterocycles. The number of aromatic nitrogens is 3. The predicted octanol–water partition coefficient (Wildman–Crippen LogP) is 5.08. The Morgan fingerprint density at radius 3 is 2.61 bits per heavy atom. The van der Waals surface area contributed by atoms with Gasteiger partial charge in [0.05, 0.1) is 17.3 Å². The molecule has 0 spiro atoms. The second kappa shape index (κ2) is 7.52. The van der Waals surface area contributed by atoms with E-state index in [0.717, 1.165) is 22.3 Å². The van der Waals surface area contributed by atoms with E-state index in [1.807, 2.05) is 42.5 Å². The number of hydrogen-bond donors (Lipinski definition) is 3. The van der Waals surface area contributed by atoms with Gasteiger partial charge in [0.15, 0.2) is 0 Å². The van der Waals surface area contributed by atoms with E-state index in [0.29, 0.717) is 17.3 Å². The van der Waals surface area contributed by atoms with Crippen LogP contribution in [0.25, 0.3) is 10.9 Å². The molecule has 2 heterocycles. The van der Waals surface area contributed by atoms with Gasteiger partial charge in [-0.15, -0.1) is 0 Å². The van der Waals surface area contributed by atoms with Crippen molar-refractivity contribution in [3.63, 3.8) is 0 Å². The standard InChI is InChI=1S/C22H21N5O/c1-14(2)15-5-8-17(9-6-15)26-22(28)19-4-3-11-23-21(19)25-18-10-7-16-13-24-27-20(16)12-18/h3-14H,1-2H3,(H,23,25)(H,24,27)(H,26,28). The molecule has 0 saturated carbocycles. The van der Waals surface area contributed by atoms with Gasteiger partial charge >= 0.3 is 0 Å². The van der Waals surface area contributed by atoms with Crippen LogP contribution in [-0.4, -0.2) is 21.1 Å². The summed E-state index contributed by atoms with van der Waals surface area (Å²) < 4.78 is 0. The minimum Gasteiger partial charge on any atom is -0.340 e. The first-order valence-electron chi connectivity index (χ1n) is 9.16. The summed E-state index contributed by atoms with van der Waals surface area (Å²) >= 11 is 0. The van der Waals surface area contributed by atoms with Crippen molar-refractivity contribution in [2.24, 2.45) is 0 Å². The van der Waals surface area contributed by atoms with Crippen LogP contribution in [0.4, 0.5) is 17.2 Å². The van der Waals surface area contributed by atoms with Crippen molar-refractivity contribution in [3.8, 4) is 0 Å². The lowest BCUT2D eigenvalue weighted by Crippen LogP contribution is -2.14. The van der Waals surface area contributed by atoms with Crippen LogP contribution in [-0.2, 0) is 0 Å². The number of pyridine rings is 1. The fourth-order valence-corrected chi connectivity index (χ4v) is 2.99. The summed E-state index contributed by atoms with van der Waals surface area (Å²) in [5, 5.41) is 14.2. The number of benzene rings is 2. The molecule has 0 unspecified atom stereocenters. The molecule has 0 atom stereocenters. The van der Waals surface area contributed by atoms with Crippen molar-refractivity contribution in [3.05, 3.63) is 78.1 Å². The minimum absolute atomic E-state index is 0.212. The van der Waals surface area contributed by atoms with Crippen molar-refractivity contribution < 1.29 is 4.79 Å². The number of amides is 1. The molecule has 0 aliphatic carbocycles. The first-order chi connectivity index (χ1) is 13.6. The second-order valence-corrected chi connectivity index (χ2v) is 6.93. The average molecular weight is 371 g/mol. The third-order valence-electron chi connectivity index (χ3n) is 4.59. The van der Waals surface area contributed by atoms with Gasteiger partial charge in [0.1, 0.15) is 5.82 Å². The Hall–Kier alpha value is -3.67. The van der Waals surface area contributed by atoms with Crippen LogP contribution in [0.15, 0.2) is 67.0 Å². The van der Waals surface area contributed by atoms with E-state index in [-0.39, 0.29) is 5.91 Å². The van der Waals surface area contributed by atoms with Crippen molar-refractivity contribution >= 4 is 34.0 Å². The van der Waals surface area contributed by atoms with Gasteiger partial charge in [-0.1, -0.05) is 26.0 Å². The first kappa shape index (κ1) is 17.7. The highest BCUT2D eigenvalue weighted by Crippen LogP contribution is 2.23. The van der Waals surface area contributed by atoms with Crippen molar-refractivity contribution in [2.45, 2.75) is 19.8 Å². The molecule has 1 amide bonds. The monoisotopic (exact) mass is 371 g/mol. The number of H-pyrrole nitrogens is 1. The fraction of sp³-hybridized carbons (Fsp3) is 0.136. The Balaban J connectivity index is 1.55. The summed E-state index contributed by atoms with van der Waals surface area (Å²) in [6, 6.07) is 17.2. The molecule has 2 aromatic carbocycles. The Bertz CT molecular complexity index is 1120. The lowest BCUT2D eigenvalue weighted by molar-refractivity contribution is 0.102. The smallest absolute Gasteiger partial charge is 0.259 e. The molecule has 0 radical (unpaired) electrons. The van der Waals surface area contributed by atoms with Crippen molar-refractivity contribution in [2.75, 3.05) is 10.6 Å². The summed E-state index contributed by atoms with van der Waals surface area (Å²) in [7, 11) is 0. The maximum Gasteiger partial charge on any atom is 0.259 e. The molecule has 6 heteroatoms. The molecule has 28 heavy (non-hydrogen) atoms. The summed E-state index contributed by atoms with van der Waals surface area (Å²) in [5.41, 5.74) is 4.20. The lowest BCUT2D eigenvalue weighted by Gasteiger charge is -2.12. The Kier molecular flexibility index (Phi) is 4.76. The molecule has 3 N–H and O–H groups in total. The van der Waals surface area contributed by atoms with Crippen LogP contribution < -0.4 is 10.6 Å². The Labute approximate surface area is 163 Å². The summed E-state index contributed by atoms with van der Waals surface area (Å²) in [6.45, 7) is 4.28. The molecular formula is C22H21N5O. The Morgan fingerprint density at radius 2 is 1.82 bits per heavy atom. The van der Waals surface area contributed by atoms with Crippen LogP contribution in [0.1, 0.15) is 35.7 Å². The van der Waals surface area contributed by atoms with E-state index in [1.165, 1.54) is 5.56 Å². The maximum atomic E-state index is 12.8. The molecule has 4 rings (SSSR count). The Morgan fingerprint density at radius 1 is 1.04 bits per heavy atom. The number of fused-ring (bicyclic) bond motifs is 1. The van der Waals surface area contributed by atoms with Crippen molar-refractivity contribution in [1.82, 2.24) is 15.2 Å². The zero-order valence-electron chi connectivity index (χ0n) is 15.7. The number of rotatable bonds is 5. The van der Waals surface area contributed by atoms with Crippen LogP contribution in [0, 0.1) is 0 Å². The van der Waals surface area contributed by atoms with E-state index < -0.39 is 0 Å². The zero-order chi connectivity index (χ0) is 19.5. The number of nitrogens with zero attached hydrogens (tertiary/aromatic N) is 2. The highest BCUT2D eigenvalue weighted by atomic mass is 16.1. The predicted molar refractivity (Wildman–Crippen MR) is 112 cm³/mol. The SMILES string of the molecule is CC(C)c1ccc(NC(=O)c2cccnc2Nc2ccc3cn[nH]c3c2)cc1. The lowest BCUT2D eigenvalue weighted by atomic mass is 10.0. The van der Waals surface area contributed by atoms with Crippen LogP contribution in [0.5, 0.6) is 0 Å². The number of carbonyl (C=O) groups is 1. The summed E-state index contributed by atoms with van der Waals surface area (Å²) in [6.07, 6.45) is 3.43. The normalized spacial score (nSPS) is 11.0. The van der Waals surface area contributed by atoms with Gasteiger partial charge in [-0.25, -0.2) is 4.98 Å². The molecule has 140 valence electrons. The van der Waals surface area contributed by atoms with Gasteiger partial charge in [0.2, 0.25) is 0 Å². The molecule has 0 aliphatic heterocycles. The zero-order valence-corrected chi connectivity index (χ0v) is 15.7. The molecule has 4 aromatic rings. The van der Waals surface area contributed by atoms with E-state index in [1.54, 1.807) is 24.5 Å². The van der Waals surface area contributed by atoms with E-state index >= 15 is 0 Å². The van der Waals surface area contributed by atoms with Crippen molar-refractivity contribution in [1.29, 1.82) is 0 Å². The molecule has 0 bridgehead atoms. The molecular weight excluding hydrogens is 350 g/mol. The number of hydrogen-bond acceptors (Lipinski definition) is 4. The topological polar surface area (TPSA) is 82.7 Å². The summed E-state index contributed by atoms with van der Waals surface area (Å²) in [4.78, 5) is 17.2. The second-order valence-electron chi connectivity index (χ2n) is 6.93. The highest BCUT2D eigenvalue weighted by molar-refractivity contribution is 6.07. The number of carbonyl (C=O) groups excluding carboxylic acids is 1. The van der Waals surface area contributed by atoms with Gasteiger partial charge in [0.25, 0.3) is 5.91 Å². The number of nitrogens with one attached hydrogen (secondary N) is 3. The fourth-order valence-electron chi connectivity index (χ4n) is 2.99. The van der Waals surface area contributed by atoms with Gasteiger partial charge in [-0.2, -0.15) is 5.10 Å². The number of anilines is 3. The van der Waals surface area contributed by atoms with E-state index in [2.05, 4.69) is 39.7 Å². The first-order valence-corrected chi connectivity index (χ1v) is 9.16. The van der Waals surface area contributed by atoms with Gasteiger partial charge in [-0.3, -0.25) is 9.89 Å². The third-order valence-corrected chi connectivity index (χ3v) is 4.59. The van der Waals surface area contributed by atoms with Crippen LogP contribution in [0.2, 0.25) is 0 Å². The highest BCUT2D eigenvalue weighted by Gasteiger charge is 2.13. The summed E-state index contributed by atoms with van der Waals surface area (Å²) in [5.74, 6) is 0.735. The van der Waals surface area contributed by atoms with Crippen LogP contribution in [0.3, 0.4) is 0 Å². The third kappa shape index (κ3) is 3.71. The van der Waals surface area contributed by atoms with E-state index in [9.17, 15) is 4.79 Å². The minimum atomic E-state index is -0.212. The average Bonchev–Trinajstić information content (AvgIpc) is 3.16. The van der Waals surface area contributed by atoms with Crippen LogP contribution >= 0.6 is 0 Å². The quantitative estimate of drug-likeness (QED) is 0.457. The molecule has 0 fully saturated rings. The largest absolute Gasteiger partial charge is 0.340 e. The maximum absolute atomic E-state index is 12.8.